The number of nitrogens with zero attached hydrogens (tertiary/aromatic N) is 3. The van der Waals surface area contributed by atoms with E-state index in [0.29, 0.717) is 5.65 Å². The van der Waals surface area contributed by atoms with Crippen LogP contribution in [-0.2, 0) is 0 Å². The van der Waals surface area contributed by atoms with Crippen molar-refractivity contribution in [2.24, 2.45) is 0 Å². The summed E-state index contributed by atoms with van der Waals surface area (Å²) in [5.41, 5.74) is 4.88. The maximum Gasteiger partial charge on any atom is 0.212 e. The quantitative estimate of drug-likeness (QED) is 0.710. The Morgan fingerprint density at radius 3 is 2.78 bits per heavy atom. The SMILES string of the molecule is Cc1cccc(-n2cnc3ccc(O)nc32)c1C. The van der Waals surface area contributed by atoms with Crippen molar-refractivity contribution in [2.75, 3.05) is 0 Å². The van der Waals surface area contributed by atoms with Gasteiger partial charge in [0.15, 0.2) is 5.65 Å². The van der Waals surface area contributed by atoms with E-state index in [2.05, 4.69) is 29.9 Å². The summed E-state index contributed by atoms with van der Waals surface area (Å²) in [4.78, 5) is 8.44. The van der Waals surface area contributed by atoms with Gasteiger partial charge in [0.25, 0.3) is 0 Å². The fourth-order valence-electron chi connectivity index (χ4n) is 2.06. The second-order valence-electron chi connectivity index (χ2n) is 4.35. The smallest absolute Gasteiger partial charge is 0.212 e. The number of pyridine rings is 1. The van der Waals surface area contributed by atoms with Gasteiger partial charge in [-0.25, -0.2) is 4.98 Å². The molecule has 0 aliphatic carbocycles. The standard InChI is InChI=1S/C14H13N3O/c1-9-4-3-5-12(10(9)2)17-8-15-11-6-7-13(18)16-14(11)17/h3-8H,1-2H3,(H,16,18). The molecule has 0 aliphatic heterocycles. The van der Waals surface area contributed by atoms with E-state index in [9.17, 15) is 5.11 Å². The second kappa shape index (κ2) is 3.84. The molecule has 0 unspecified atom stereocenters. The van der Waals surface area contributed by atoms with Crippen molar-refractivity contribution in [1.29, 1.82) is 0 Å². The topological polar surface area (TPSA) is 50.9 Å². The summed E-state index contributed by atoms with van der Waals surface area (Å²) in [6.45, 7) is 4.14. The summed E-state index contributed by atoms with van der Waals surface area (Å²) in [5, 5.41) is 9.49. The van der Waals surface area contributed by atoms with Crippen LogP contribution in [-0.4, -0.2) is 19.6 Å². The van der Waals surface area contributed by atoms with Gasteiger partial charge in [0.05, 0.1) is 5.69 Å². The van der Waals surface area contributed by atoms with Gasteiger partial charge in [0, 0.05) is 6.07 Å². The molecule has 4 heteroatoms. The second-order valence-corrected chi connectivity index (χ2v) is 4.35. The third-order valence-electron chi connectivity index (χ3n) is 3.22. The van der Waals surface area contributed by atoms with Crippen molar-refractivity contribution in [3.63, 3.8) is 0 Å². The van der Waals surface area contributed by atoms with E-state index in [1.807, 2.05) is 16.7 Å². The van der Waals surface area contributed by atoms with Crippen molar-refractivity contribution in [2.45, 2.75) is 13.8 Å². The molecular formula is C14H13N3O. The molecular weight excluding hydrogens is 226 g/mol. The Labute approximate surface area is 105 Å². The van der Waals surface area contributed by atoms with Crippen molar-refractivity contribution in [3.8, 4) is 11.6 Å². The Bertz CT molecular complexity index is 731. The molecule has 0 spiro atoms. The van der Waals surface area contributed by atoms with Gasteiger partial charge >= 0.3 is 0 Å². The maximum absolute atomic E-state index is 9.49. The van der Waals surface area contributed by atoms with Crippen LogP contribution in [0, 0.1) is 13.8 Å². The fourth-order valence-corrected chi connectivity index (χ4v) is 2.06. The summed E-state index contributed by atoms with van der Waals surface area (Å²) >= 11 is 0. The largest absolute Gasteiger partial charge is 0.493 e. The zero-order valence-corrected chi connectivity index (χ0v) is 10.3. The minimum atomic E-state index is 0.00885. The highest BCUT2D eigenvalue weighted by Gasteiger charge is 2.09. The van der Waals surface area contributed by atoms with Crippen LogP contribution >= 0.6 is 0 Å². The van der Waals surface area contributed by atoms with Gasteiger partial charge in [-0.15, -0.1) is 0 Å². The summed E-state index contributed by atoms with van der Waals surface area (Å²) in [5.74, 6) is 0.00885. The molecule has 3 aromatic rings. The highest BCUT2D eigenvalue weighted by atomic mass is 16.3. The normalized spacial score (nSPS) is 11.0. The first-order valence-corrected chi connectivity index (χ1v) is 5.76. The lowest BCUT2D eigenvalue weighted by atomic mass is 10.1. The Kier molecular flexibility index (Phi) is 2.30. The van der Waals surface area contributed by atoms with Gasteiger partial charge in [-0.1, -0.05) is 12.1 Å². The zero-order chi connectivity index (χ0) is 12.7. The van der Waals surface area contributed by atoms with Crippen LogP contribution in [0.1, 0.15) is 11.1 Å². The number of hydrogen-bond acceptors (Lipinski definition) is 3. The first kappa shape index (κ1) is 10.8. The van der Waals surface area contributed by atoms with E-state index < -0.39 is 0 Å². The lowest BCUT2D eigenvalue weighted by Gasteiger charge is -2.09. The van der Waals surface area contributed by atoms with Crippen LogP contribution in [0.2, 0.25) is 0 Å². The molecule has 0 bridgehead atoms. The molecule has 2 aromatic heterocycles. The third kappa shape index (κ3) is 1.54. The summed E-state index contributed by atoms with van der Waals surface area (Å²) in [6.07, 6.45) is 1.74. The predicted molar refractivity (Wildman–Crippen MR) is 70.0 cm³/mol. The molecule has 0 atom stereocenters. The minimum absolute atomic E-state index is 0.00885. The maximum atomic E-state index is 9.49. The highest BCUT2D eigenvalue weighted by molar-refractivity contribution is 5.74. The molecule has 2 heterocycles. The number of hydrogen-bond donors (Lipinski definition) is 1. The number of aromatic nitrogens is 3. The Morgan fingerprint density at radius 1 is 1.11 bits per heavy atom. The number of aryl methyl sites for hydroxylation is 1. The first-order valence-electron chi connectivity index (χ1n) is 5.76. The molecule has 18 heavy (non-hydrogen) atoms. The van der Waals surface area contributed by atoms with Crippen LogP contribution in [0.5, 0.6) is 5.88 Å². The molecule has 0 saturated heterocycles. The fraction of sp³-hybridized carbons (Fsp3) is 0.143. The predicted octanol–water partition coefficient (Wildman–Crippen LogP) is 2.74. The van der Waals surface area contributed by atoms with Gasteiger partial charge in [-0.05, 0) is 37.1 Å². The van der Waals surface area contributed by atoms with Crippen LogP contribution in [0.25, 0.3) is 16.9 Å². The number of fused-ring (bicyclic) bond motifs is 1. The number of imidazole rings is 1. The van der Waals surface area contributed by atoms with Crippen molar-refractivity contribution in [1.82, 2.24) is 14.5 Å². The van der Waals surface area contributed by atoms with Crippen molar-refractivity contribution < 1.29 is 5.11 Å². The minimum Gasteiger partial charge on any atom is -0.493 e. The van der Waals surface area contributed by atoms with Gasteiger partial charge in [-0.3, -0.25) is 4.57 Å². The van der Waals surface area contributed by atoms with E-state index in [1.165, 1.54) is 11.1 Å². The molecule has 3 rings (SSSR count). The number of aromatic hydroxyl groups is 1. The van der Waals surface area contributed by atoms with Crippen LogP contribution in [0.15, 0.2) is 36.7 Å². The van der Waals surface area contributed by atoms with Gasteiger partial charge in [0.2, 0.25) is 5.88 Å². The number of rotatable bonds is 1. The highest BCUT2D eigenvalue weighted by Crippen LogP contribution is 2.22. The monoisotopic (exact) mass is 239 g/mol. The molecule has 0 radical (unpaired) electrons. The Morgan fingerprint density at radius 2 is 1.94 bits per heavy atom. The van der Waals surface area contributed by atoms with Crippen LogP contribution in [0.4, 0.5) is 0 Å². The molecule has 4 nitrogen and oxygen atoms in total. The summed E-state index contributed by atoms with van der Waals surface area (Å²) in [7, 11) is 0. The molecule has 1 aromatic carbocycles. The average molecular weight is 239 g/mol. The molecule has 1 N–H and O–H groups in total. The van der Waals surface area contributed by atoms with E-state index in [-0.39, 0.29) is 5.88 Å². The Balaban J connectivity index is 2.32. The molecule has 0 saturated carbocycles. The summed E-state index contributed by atoms with van der Waals surface area (Å²) in [6, 6.07) is 9.41. The van der Waals surface area contributed by atoms with E-state index in [1.54, 1.807) is 18.5 Å². The van der Waals surface area contributed by atoms with E-state index in [0.717, 1.165) is 11.2 Å². The van der Waals surface area contributed by atoms with Crippen LogP contribution < -0.4 is 0 Å². The molecule has 0 aliphatic rings. The van der Waals surface area contributed by atoms with Gasteiger partial charge in [-0.2, -0.15) is 4.98 Å². The van der Waals surface area contributed by atoms with Gasteiger partial charge in [0.1, 0.15) is 11.8 Å². The molecule has 90 valence electrons. The van der Waals surface area contributed by atoms with E-state index >= 15 is 0 Å². The zero-order valence-electron chi connectivity index (χ0n) is 10.3. The molecule has 0 fully saturated rings. The van der Waals surface area contributed by atoms with Crippen molar-refractivity contribution in [3.05, 3.63) is 47.8 Å². The summed E-state index contributed by atoms with van der Waals surface area (Å²) < 4.78 is 1.90. The molecule has 0 amide bonds. The van der Waals surface area contributed by atoms with Crippen molar-refractivity contribution >= 4 is 11.2 Å². The van der Waals surface area contributed by atoms with Gasteiger partial charge < -0.3 is 5.11 Å². The Hall–Kier alpha value is -2.36. The first-order chi connectivity index (χ1) is 8.66. The van der Waals surface area contributed by atoms with Crippen LogP contribution in [0.3, 0.4) is 0 Å². The number of benzene rings is 1. The third-order valence-corrected chi connectivity index (χ3v) is 3.22. The lowest BCUT2D eigenvalue weighted by molar-refractivity contribution is 0.455. The van der Waals surface area contributed by atoms with E-state index in [4.69, 9.17) is 0 Å². The average Bonchev–Trinajstić information content (AvgIpc) is 2.75. The lowest BCUT2D eigenvalue weighted by Crippen LogP contribution is -1.98.